The maximum atomic E-state index is 14.0. The number of aryl methyl sites for hydroxylation is 1. The number of fused-ring (bicyclic) bond motifs is 8. The van der Waals surface area contributed by atoms with Crippen LogP contribution in [0.2, 0.25) is 0 Å². The van der Waals surface area contributed by atoms with Crippen LogP contribution in [0.25, 0.3) is 66.3 Å². The summed E-state index contributed by atoms with van der Waals surface area (Å²) < 4.78 is 31.5. The van der Waals surface area contributed by atoms with Gasteiger partial charge in [0.05, 0.1) is 85.6 Å². The fourth-order valence-electron chi connectivity index (χ4n) is 26.7. The number of methoxy groups -OCH3 is 4. The summed E-state index contributed by atoms with van der Waals surface area (Å²) in [6, 6.07) is 35.5. The quantitative estimate of drug-likeness (QED) is 0.0271. The molecule has 31 heteroatoms. The van der Waals surface area contributed by atoms with Crippen molar-refractivity contribution in [2.75, 3.05) is 28.4 Å². The smallest absolute Gasteiger partial charge is 0.453 e. The van der Waals surface area contributed by atoms with Crippen LogP contribution in [-0.2, 0) is 73.1 Å². The molecule has 16 atom stereocenters. The van der Waals surface area contributed by atoms with Gasteiger partial charge in [0.2, 0.25) is 23.6 Å². The lowest BCUT2D eigenvalue weighted by atomic mass is 9.78. The van der Waals surface area contributed by atoms with E-state index in [1.165, 1.54) is 143 Å². The van der Waals surface area contributed by atoms with E-state index in [0.717, 1.165) is 103 Å². The second kappa shape index (κ2) is 39.4. The third-order valence-electron chi connectivity index (χ3n) is 36.0. The number of allylic oxidation sites excluding steroid dienone is 2. The molecule has 15 aliphatic rings. The van der Waals surface area contributed by atoms with Crippen LogP contribution in [0.3, 0.4) is 0 Å². The Kier molecular flexibility index (Phi) is 26.9. The van der Waals surface area contributed by atoms with Crippen molar-refractivity contribution in [2.24, 2.45) is 68.2 Å². The second-order valence-corrected chi connectivity index (χ2v) is 47.4. The Morgan fingerprint density at radius 2 is 0.703 bits per heavy atom. The maximum Gasteiger partial charge on any atom is 0.494 e. The van der Waals surface area contributed by atoms with Crippen molar-refractivity contribution in [2.45, 2.75) is 315 Å². The van der Waals surface area contributed by atoms with E-state index in [1.54, 1.807) is 28.2 Å². The zero-order chi connectivity index (χ0) is 104. The molecule has 7 aliphatic heterocycles. The molecule has 30 nitrogen and oxygen atoms in total. The molecule has 8 amide bonds. The molecule has 2 spiro atoms. The number of carbonyl (C=O) groups is 8. The monoisotopic (exact) mass is 2010 g/mol. The predicted molar refractivity (Wildman–Crippen MR) is 568 cm³/mol. The van der Waals surface area contributed by atoms with Gasteiger partial charge in [0, 0.05) is 60.8 Å². The summed E-state index contributed by atoms with van der Waals surface area (Å²) in [5.41, 5.74) is 22.5. The van der Waals surface area contributed by atoms with E-state index in [-0.39, 0.29) is 112 Å². The molecule has 8 unspecified atom stereocenters. The Morgan fingerprint density at radius 3 is 1.07 bits per heavy atom. The van der Waals surface area contributed by atoms with Gasteiger partial charge in [0.1, 0.15) is 35.8 Å². The van der Waals surface area contributed by atoms with Crippen molar-refractivity contribution < 1.29 is 66.6 Å². The van der Waals surface area contributed by atoms with Crippen LogP contribution in [-0.4, -0.2) is 206 Å². The molecule has 0 radical (unpaired) electrons. The van der Waals surface area contributed by atoms with Gasteiger partial charge in [0.15, 0.2) is 0 Å². The molecular formula is C117H141BN14O16. The van der Waals surface area contributed by atoms with Crippen LogP contribution < -0.4 is 37.8 Å². The number of hydrogen-bond donors (Lipinski definition) is 6. The summed E-state index contributed by atoms with van der Waals surface area (Å²) in [6.07, 6.45) is 25.1. The molecule has 23 rings (SSSR count). The average molecular weight is 2010 g/mol. The van der Waals surface area contributed by atoms with Crippen LogP contribution >= 0.6 is 0 Å². The lowest BCUT2D eigenvalue weighted by Gasteiger charge is -2.33. The molecule has 148 heavy (non-hydrogen) atoms. The van der Waals surface area contributed by atoms with E-state index in [1.807, 2.05) is 128 Å². The highest BCUT2D eigenvalue weighted by molar-refractivity contribution is 6.62. The first kappa shape index (κ1) is 101. The highest BCUT2D eigenvalue weighted by atomic mass is 16.7. The van der Waals surface area contributed by atoms with E-state index < -0.39 is 66.9 Å². The maximum absolute atomic E-state index is 14.0. The van der Waals surface area contributed by atoms with Crippen LogP contribution in [0.15, 0.2) is 141 Å². The SMILES string of the molecule is COC(=O)N[C@H](C(=O)N1C2CC2C[C@H]1C1=NC=C(c2ccc(-c3ccc(-c4ccc5nc([C@@H]6CC7CC7N6C(=O)[C@@H](NC(=O)OC)C(C)C)[nH]c(=O)c5c4)c4c3CC3(CCCC3)C4)cc2)C1)C(C)C.COC(=O)N[C@H](C(=O)N1C2CC2C[C@H]1C1=NC=C(c2ccc(-c3ccc(C)c4c3CC3(CCCC3)C4)cc2)C1)C(C)C.COC(=O)N[C@H](C(=O)N1C2CC2C[C@H]1c1nc2ccc(B3OC(C)(C)C(C)(C)O3)cc2c(=O)[nH]1)C(C)C. The summed E-state index contributed by atoms with van der Waals surface area (Å²) in [6.45, 7) is 25.6. The van der Waals surface area contributed by atoms with Gasteiger partial charge in [-0.25, -0.2) is 29.1 Å². The minimum absolute atomic E-state index is 0.00646. The molecule has 2 aromatic heterocycles. The lowest BCUT2D eigenvalue weighted by molar-refractivity contribution is -0.137. The van der Waals surface area contributed by atoms with Gasteiger partial charge < -0.3 is 79.1 Å². The average Bonchev–Trinajstić information content (AvgIpc) is 1.59. The Balaban J connectivity index is 0.000000139. The summed E-state index contributed by atoms with van der Waals surface area (Å²) in [5, 5.41) is 11.9. The number of nitrogens with one attached hydrogen (secondary N) is 6. The first-order valence-electron chi connectivity index (χ1n) is 53.9. The van der Waals surface area contributed by atoms with Crippen LogP contribution in [0.1, 0.15) is 261 Å². The third-order valence-corrected chi connectivity index (χ3v) is 36.0. The molecule has 778 valence electrons. The number of alkyl carbamates (subject to hydrolysis) is 4. The minimum atomic E-state index is -0.757. The zero-order valence-electron chi connectivity index (χ0n) is 88.3. The van der Waals surface area contributed by atoms with E-state index in [0.29, 0.717) is 75.4 Å². The normalized spacial score (nSPS) is 25.8. The topological polar surface area (TPSA) is 369 Å². The van der Waals surface area contributed by atoms with E-state index in [4.69, 9.17) is 48.2 Å². The Labute approximate surface area is 865 Å². The molecular weight excluding hydrogens is 1870 g/mol. The van der Waals surface area contributed by atoms with Crippen molar-refractivity contribution in [3.8, 4) is 33.4 Å². The third kappa shape index (κ3) is 19.0. The Hall–Kier alpha value is -12.6. The molecule has 6 N–H and O–H groups in total. The van der Waals surface area contributed by atoms with Crippen LogP contribution in [0.4, 0.5) is 19.2 Å². The highest BCUT2D eigenvalue weighted by Gasteiger charge is 2.62. The van der Waals surface area contributed by atoms with Gasteiger partial charge in [-0.15, -0.1) is 0 Å². The zero-order valence-corrected chi connectivity index (χ0v) is 88.3. The number of nitrogens with zero attached hydrogens (tertiary/aromatic N) is 8. The standard InChI is InChI=1S/C55H63N7O7.C36H43N3O3.C26H35BN4O6/c1-28(2)47(58-53(66)68-5)51(64)61-43-21-33(43)23-45(61)42-20-35(27-56-42)30-9-11-31(12-10-30)36-14-15-37(40-26-55(25-39(36)40)17-7-8-18-55)32-13-16-41-38(19-32)50(63)60-49(57-41)46-24-34-22-44(34)62(46)52(65)48(29(3)4)59-54(67)69-6;1-21(2)33(38-35(41)42-4)34(40)39-31-16-25(31)17-32(39)30-15-26(20-37-30)23-8-10-24(11-9-23)27-12-7-22(3)28-18-36(19-29(27)28)13-5-6-14-36;1-13(2)20(29-24(34)35-7)23(33)31-18-10-14(18)11-19(31)21-28-17-9-8-15(12-16(17)22(32)30-21)27-36-25(3,4)26(5,6)37-27/h9-16,19,27-29,33-34,43-48H,7-8,17-18,20-26H2,1-6H3,(H,58,66)(H,59,67)(H,57,60,63);7-12,20-21,25,31-33H,5-6,13-19H2,1-4H3,(H,38,41);8-9,12-14,18-20H,10-11H2,1-7H3,(H,29,34)(H,28,30,32)/t33?,34?,43?,44?,45-,46-,47-,48-;25?,31?,32-,33-;14?,18?,19-,20-/m000/s1. The largest absolute Gasteiger partial charge is 0.494 e. The number of aliphatic imine (C=N–C) groups is 2. The van der Waals surface area contributed by atoms with E-state index in [9.17, 15) is 47.9 Å². The van der Waals surface area contributed by atoms with Crippen LogP contribution in [0, 0.1) is 65.1 Å². The number of amides is 8. The van der Waals surface area contributed by atoms with Gasteiger partial charge in [-0.1, -0.05) is 166 Å². The predicted octanol–water partition coefficient (Wildman–Crippen LogP) is 17.7. The van der Waals surface area contributed by atoms with E-state index in [2.05, 4.69) is 117 Å². The fourth-order valence-corrected chi connectivity index (χ4v) is 26.7. The number of piperidine rings is 4. The van der Waals surface area contributed by atoms with Crippen molar-refractivity contribution >= 4 is 105 Å². The van der Waals surface area contributed by atoms with Gasteiger partial charge in [-0.05, 0) is 309 Å². The van der Waals surface area contributed by atoms with Crippen LogP contribution in [0.5, 0.6) is 0 Å². The van der Waals surface area contributed by atoms with Crippen molar-refractivity contribution in [3.63, 3.8) is 0 Å². The molecule has 8 aromatic rings. The Bertz CT molecular complexity index is 6910. The molecule has 0 bridgehead atoms. The molecule has 9 heterocycles. The van der Waals surface area contributed by atoms with Gasteiger partial charge in [-0.2, -0.15) is 0 Å². The molecule has 6 aromatic carbocycles. The first-order chi connectivity index (χ1) is 70.8. The summed E-state index contributed by atoms with van der Waals surface area (Å²) in [4.78, 5) is 164. The summed E-state index contributed by atoms with van der Waals surface area (Å²) in [7, 11) is 4.62. The summed E-state index contributed by atoms with van der Waals surface area (Å²) in [5.74, 6) is 1.79. The van der Waals surface area contributed by atoms with Gasteiger partial charge >= 0.3 is 31.5 Å². The minimum Gasteiger partial charge on any atom is -0.453 e. The number of hydrogen-bond acceptors (Lipinski definition) is 20. The lowest BCUT2D eigenvalue weighted by Crippen LogP contribution is -2.54. The number of H-pyrrole nitrogens is 2. The Morgan fingerprint density at radius 1 is 0.392 bits per heavy atom. The fraction of sp³-hybridized carbons (Fsp3) is 0.538. The first-order valence-corrected chi connectivity index (χ1v) is 53.9. The van der Waals surface area contributed by atoms with E-state index >= 15 is 0 Å². The van der Waals surface area contributed by atoms with Crippen molar-refractivity contribution in [1.82, 2.24) is 60.8 Å². The van der Waals surface area contributed by atoms with Crippen molar-refractivity contribution in [3.05, 3.63) is 193 Å². The number of ether oxygens (including phenoxy) is 4. The number of rotatable bonds is 22. The van der Waals surface area contributed by atoms with Gasteiger partial charge in [-0.3, -0.25) is 38.8 Å². The highest BCUT2D eigenvalue weighted by Crippen LogP contribution is 2.59. The second-order valence-electron chi connectivity index (χ2n) is 47.4. The molecule has 6 saturated carbocycles. The number of likely N-dealkylation sites (tertiary alicyclic amines) is 4. The molecule has 5 saturated heterocycles. The number of carbonyl (C=O) groups excluding carboxylic acids is 8. The molecule has 11 fully saturated rings. The summed E-state index contributed by atoms with van der Waals surface area (Å²) >= 11 is 0. The number of aromatic nitrogens is 4. The van der Waals surface area contributed by atoms with Crippen molar-refractivity contribution in [1.29, 1.82) is 0 Å². The molecule has 8 aliphatic carbocycles. The number of aromatic amines is 2. The van der Waals surface area contributed by atoms with Gasteiger partial charge in [0.25, 0.3) is 11.1 Å². The number of benzene rings is 6.